The fourth-order valence-corrected chi connectivity index (χ4v) is 1.49. The number of rotatable bonds is 2. The molecule has 0 aliphatic rings. The van der Waals surface area contributed by atoms with Crippen LogP contribution < -0.4 is 10.1 Å². The van der Waals surface area contributed by atoms with Crippen molar-refractivity contribution in [3.05, 3.63) is 23.8 Å². The topological polar surface area (TPSA) is 21.3 Å². The fraction of sp³-hybridized carbons (Fsp3) is 0.500. The zero-order valence-electron chi connectivity index (χ0n) is 9.64. The number of benzene rings is 1. The maximum Gasteiger partial charge on any atom is 0.119 e. The van der Waals surface area contributed by atoms with E-state index in [0.29, 0.717) is 0 Å². The molecule has 2 nitrogen and oxygen atoms in total. The molecular weight excluding hydrogens is 174 g/mol. The molecule has 14 heavy (non-hydrogen) atoms. The molecule has 0 saturated carbocycles. The van der Waals surface area contributed by atoms with E-state index in [1.165, 1.54) is 11.3 Å². The summed E-state index contributed by atoms with van der Waals surface area (Å²) in [6.07, 6.45) is 0. The lowest BCUT2D eigenvalue weighted by molar-refractivity contribution is 0.413. The minimum absolute atomic E-state index is 0.132. The minimum atomic E-state index is 0.132. The zero-order valence-corrected chi connectivity index (χ0v) is 9.64. The van der Waals surface area contributed by atoms with Gasteiger partial charge in [-0.3, -0.25) is 0 Å². The summed E-state index contributed by atoms with van der Waals surface area (Å²) in [5.41, 5.74) is 2.57. The number of hydrogen-bond donors (Lipinski definition) is 1. The second-order valence-electron chi connectivity index (χ2n) is 4.41. The number of nitrogens with one attached hydrogen (secondary N) is 1. The molecule has 0 aliphatic carbocycles. The van der Waals surface area contributed by atoms with Crippen LogP contribution in [0.5, 0.6) is 5.75 Å². The Labute approximate surface area is 86.3 Å². The van der Waals surface area contributed by atoms with Crippen molar-refractivity contribution in [2.24, 2.45) is 0 Å². The summed E-state index contributed by atoms with van der Waals surface area (Å²) in [7, 11) is 3.64. The Hall–Kier alpha value is -1.18. The van der Waals surface area contributed by atoms with Crippen molar-refractivity contribution in [3.8, 4) is 5.75 Å². The summed E-state index contributed by atoms with van der Waals surface area (Å²) in [6, 6.07) is 6.12. The minimum Gasteiger partial charge on any atom is -0.497 e. The maximum absolute atomic E-state index is 5.22. The Balaban J connectivity index is 3.22. The lowest BCUT2D eigenvalue weighted by Crippen LogP contribution is -2.13. The van der Waals surface area contributed by atoms with Gasteiger partial charge in [0.2, 0.25) is 0 Å². The van der Waals surface area contributed by atoms with Crippen LogP contribution in [0.25, 0.3) is 0 Å². The molecular formula is C12H19NO. The van der Waals surface area contributed by atoms with Gasteiger partial charge in [0.1, 0.15) is 5.75 Å². The van der Waals surface area contributed by atoms with E-state index in [1.54, 1.807) is 7.11 Å². The molecule has 0 aliphatic heterocycles. The summed E-state index contributed by atoms with van der Waals surface area (Å²) in [4.78, 5) is 0. The standard InChI is InChI=1S/C12H19NO/c1-12(2,3)10-8-9(14-5)6-7-11(10)13-4/h6-8,13H,1-5H3. The first-order valence-corrected chi connectivity index (χ1v) is 4.85. The molecule has 0 aromatic heterocycles. The van der Waals surface area contributed by atoms with Crippen LogP contribution in [0, 0.1) is 0 Å². The highest BCUT2D eigenvalue weighted by atomic mass is 16.5. The molecule has 1 N–H and O–H groups in total. The van der Waals surface area contributed by atoms with E-state index in [4.69, 9.17) is 4.74 Å². The van der Waals surface area contributed by atoms with Gasteiger partial charge < -0.3 is 10.1 Å². The average molecular weight is 193 g/mol. The SMILES string of the molecule is CNc1ccc(OC)cc1C(C)(C)C. The highest BCUT2D eigenvalue weighted by Crippen LogP contribution is 2.32. The number of hydrogen-bond acceptors (Lipinski definition) is 2. The summed E-state index contributed by atoms with van der Waals surface area (Å²) >= 11 is 0. The first kappa shape index (κ1) is 10.9. The highest BCUT2D eigenvalue weighted by molar-refractivity contribution is 5.56. The molecule has 0 bridgehead atoms. The van der Waals surface area contributed by atoms with Gasteiger partial charge in [-0.05, 0) is 29.2 Å². The van der Waals surface area contributed by atoms with Crippen LogP contribution >= 0.6 is 0 Å². The van der Waals surface area contributed by atoms with Gasteiger partial charge in [-0.25, -0.2) is 0 Å². The van der Waals surface area contributed by atoms with Gasteiger partial charge in [-0.1, -0.05) is 20.8 Å². The highest BCUT2D eigenvalue weighted by Gasteiger charge is 2.18. The van der Waals surface area contributed by atoms with Crippen molar-refractivity contribution in [1.29, 1.82) is 0 Å². The fourth-order valence-electron chi connectivity index (χ4n) is 1.49. The predicted molar refractivity (Wildman–Crippen MR) is 61.2 cm³/mol. The average Bonchev–Trinajstić information content (AvgIpc) is 2.15. The van der Waals surface area contributed by atoms with E-state index in [1.807, 2.05) is 13.1 Å². The monoisotopic (exact) mass is 193 g/mol. The molecule has 0 amide bonds. The largest absolute Gasteiger partial charge is 0.497 e. The second kappa shape index (κ2) is 3.91. The van der Waals surface area contributed by atoms with E-state index in [2.05, 4.69) is 38.2 Å². The quantitative estimate of drug-likeness (QED) is 0.779. The Kier molecular flexibility index (Phi) is 3.04. The summed E-state index contributed by atoms with van der Waals surface area (Å²) in [5.74, 6) is 0.911. The van der Waals surface area contributed by atoms with E-state index in [-0.39, 0.29) is 5.41 Å². The summed E-state index contributed by atoms with van der Waals surface area (Å²) in [5, 5.41) is 3.20. The van der Waals surface area contributed by atoms with Crippen molar-refractivity contribution < 1.29 is 4.74 Å². The zero-order chi connectivity index (χ0) is 10.8. The molecule has 0 unspecified atom stereocenters. The van der Waals surface area contributed by atoms with Crippen molar-refractivity contribution in [2.75, 3.05) is 19.5 Å². The molecule has 1 aromatic carbocycles. The van der Waals surface area contributed by atoms with Crippen LogP contribution in [0.4, 0.5) is 5.69 Å². The molecule has 2 heteroatoms. The molecule has 1 rings (SSSR count). The molecule has 0 radical (unpaired) electrons. The van der Waals surface area contributed by atoms with Gasteiger partial charge in [0.05, 0.1) is 7.11 Å². The molecule has 0 atom stereocenters. The van der Waals surface area contributed by atoms with Gasteiger partial charge in [0, 0.05) is 12.7 Å². The van der Waals surface area contributed by atoms with Crippen molar-refractivity contribution >= 4 is 5.69 Å². The van der Waals surface area contributed by atoms with Crippen LogP contribution in [0.1, 0.15) is 26.3 Å². The molecule has 0 spiro atoms. The van der Waals surface area contributed by atoms with Gasteiger partial charge in [-0.2, -0.15) is 0 Å². The third-order valence-electron chi connectivity index (χ3n) is 2.30. The molecule has 1 aromatic rings. The van der Waals surface area contributed by atoms with Crippen molar-refractivity contribution in [1.82, 2.24) is 0 Å². The number of ether oxygens (including phenoxy) is 1. The van der Waals surface area contributed by atoms with Crippen LogP contribution in [-0.4, -0.2) is 14.2 Å². The van der Waals surface area contributed by atoms with Gasteiger partial charge in [0.25, 0.3) is 0 Å². The van der Waals surface area contributed by atoms with Crippen LogP contribution in [0.2, 0.25) is 0 Å². The Morgan fingerprint density at radius 3 is 2.29 bits per heavy atom. The van der Waals surface area contributed by atoms with Gasteiger partial charge in [-0.15, -0.1) is 0 Å². The normalized spacial score (nSPS) is 11.2. The Morgan fingerprint density at radius 2 is 1.86 bits per heavy atom. The molecule has 0 saturated heterocycles. The smallest absolute Gasteiger partial charge is 0.119 e. The predicted octanol–water partition coefficient (Wildman–Crippen LogP) is 3.03. The Morgan fingerprint density at radius 1 is 1.21 bits per heavy atom. The van der Waals surface area contributed by atoms with E-state index in [9.17, 15) is 0 Å². The van der Waals surface area contributed by atoms with Crippen molar-refractivity contribution in [2.45, 2.75) is 26.2 Å². The van der Waals surface area contributed by atoms with Gasteiger partial charge in [0.15, 0.2) is 0 Å². The number of methoxy groups -OCH3 is 1. The maximum atomic E-state index is 5.22. The Bertz CT molecular complexity index is 313. The van der Waals surface area contributed by atoms with Crippen LogP contribution in [0.15, 0.2) is 18.2 Å². The first-order valence-electron chi connectivity index (χ1n) is 4.85. The van der Waals surface area contributed by atoms with Crippen LogP contribution in [0.3, 0.4) is 0 Å². The molecule has 0 heterocycles. The molecule has 0 fully saturated rings. The van der Waals surface area contributed by atoms with E-state index < -0.39 is 0 Å². The third-order valence-corrected chi connectivity index (χ3v) is 2.30. The number of anilines is 1. The summed E-state index contributed by atoms with van der Waals surface area (Å²) < 4.78 is 5.22. The third kappa shape index (κ3) is 2.19. The lowest BCUT2D eigenvalue weighted by atomic mass is 9.85. The lowest BCUT2D eigenvalue weighted by Gasteiger charge is -2.23. The van der Waals surface area contributed by atoms with Crippen molar-refractivity contribution in [3.63, 3.8) is 0 Å². The second-order valence-corrected chi connectivity index (χ2v) is 4.41. The van der Waals surface area contributed by atoms with Crippen LogP contribution in [-0.2, 0) is 5.41 Å². The van der Waals surface area contributed by atoms with Gasteiger partial charge >= 0.3 is 0 Å². The van der Waals surface area contributed by atoms with E-state index in [0.717, 1.165) is 5.75 Å². The first-order chi connectivity index (χ1) is 6.49. The summed E-state index contributed by atoms with van der Waals surface area (Å²) in [6.45, 7) is 6.59. The molecule has 78 valence electrons. The van der Waals surface area contributed by atoms with E-state index >= 15 is 0 Å².